The molecule has 1 aromatic heterocycles. The molecular weight excluding hydrogens is 278 g/mol. The van der Waals surface area contributed by atoms with E-state index in [1.165, 1.54) is 11.1 Å². The zero-order chi connectivity index (χ0) is 12.4. The maximum absolute atomic E-state index is 5.61. The lowest BCUT2D eigenvalue weighted by molar-refractivity contribution is 0.807. The monoisotopic (exact) mass is 293 g/mol. The summed E-state index contributed by atoms with van der Waals surface area (Å²) in [6.45, 7) is 2.73. The molecule has 2 aromatic rings. The molecule has 0 saturated heterocycles. The second-order valence-corrected chi connectivity index (χ2v) is 4.84. The molecule has 3 nitrogen and oxygen atoms in total. The standard InChI is InChI=1S/C13H16BrN3/c1-9-5-3-4-6-10(9)13-16-12(14)11(7-8-15)17(13)2/h3-6H,7-8,15H2,1-2H3. The Balaban J connectivity index is 2.54. The van der Waals surface area contributed by atoms with Crippen molar-refractivity contribution in [2.75, 3.05) is 6.54 Å². The van der Waals surface area contributed by atoms with Crippen LogP contribution in [0.5, 0.6) is 0 Å². The SMILES string of the molecule is Cc1ccccc1-c1nc(Br)c(CCN)n1C. The molecule has 0 amide bonds. The Labute approximate surface area is 110 Å². The van der Waals surface area contributed by atoms with Crippen LogP contribution in [0.2, 0.25) is 0 Å². The first-order valence-corrected chi connectivity index (χ1v) is 6.41. The molecule has 1 aromatic carbocycles. The number of nitrogens with zero attached hydrogens (tertiary/aromatic N) is 2. The number of hydrogen-bond donors (Lipinski definition) is 1. The van der Waals surface area contributed by atoms with E-state index >= 15 is 0 Å². The predicted octanol–water partition coefficient (Wildman–Crippen LogP) is 2.66. The molecule has 0 spiro atoms. The Morgan fingerprint density at radius 2 is 2.06 bits per heavy atom. The third-order valence-electron chi connectivity index (χ3n) is 2.93. The van der Waals surface area contributed by atoms with Gasteiger partial charge in [0.15, 0.2) is 0 Å². The molecule has 0 aliphatic heterocycles. The molecule has 0 unspecified atom stereocenters. The van der Waals surface area contributed by atoms with E-state index < -0.39 is 0 Å². The van der Waals surface area contributed by atoms with Gasteiger partial charge in [0.1, 0.15) is 10.4 Å². The van der Waals surface area contributed by atoms with Gasteiger partial charge in [0.25, 0.3) is 0 Å². The first-order valence-electron chi connectivity index (χ1n) is 5.62. The number of rotatable bonds is 3. The van der Waals surface area contributed by atoms with Gasteiger partial charge in [-0.2, -0.15) is 0 Å². The van der Waals surface area contributed by atoms with Crippen LogP contribution in [0.1, 0.15) is 11.3 Å². The highest BCUT2D eigenvalue weighted by molar-refractivity contribution is 9.10. The number of imidazole rings is 1. The van der Waals surface area contributed by atoms with Crippen molar-refractivity contribution in [3.63, 3.8) is 0 Å². The molecule has 0 saturated carbocycles. The molecule has 0 bridgehead atoms. The summed E-state index contributed by atoms with van der Waals surface area (Å²) >= 11 is 3.50. The van der Waals surface area contributed by atoms with E-state index in [0.29, 0.717) is 6.54 Å². The van der Waals surface area contributed by atoms with E-state index in [1.54, 1.807) is 0 Å². The van der Waals surface area contributed by atoms with E-state index in [-0.39, 0.29) is 0 Å². The average molecular weight is 294 g/mol. The summed E-state index contributed by atoms with van der Waals surface area (Å²) in [5.41, 5.74) is 9.15. The van der Waals surface area contributed by atoms with Crippen molar-refractivity contribution in [1.29, 1.82) is 0 Å². The van der Waals surface area contributed by atoms with Gasteiger partial charge in [-0.15, -0.1) is 0 Å². The van der Waals surface area contributed by atoms with Crippen molar-refractivity contribution in [2.45, 2.75) is 13.3 Å². The van der Waals surface area contributed by atoms with Crippen molar-refractivity contribution >= 4 is 15.9 Å². The maximum Gasteiger partial charge on any atom is 0.141 e. The highest BCUT2D eigenvalue weighted by atomic mass is 79.9. The van der Waals surface area contributed by atoms with Crippen LogP contribution >= 0.6 is 15.9 Å². The highest BCUT2D eigenvalue weighted by Gasteiger charge is 2.14. The minimum atomic E-state index is 0.630. The molecule has 2 N–H and O–H groups in total. The molecule has 0 atom stereocenters. The van der Waals surface area contributed by atoms with Crippen LogP contribution in [0.25, 0.3) is 11.4 Å². The first-order chi connectivity index (χ1) is 8.15. The molecular formula is C13H16BrN3. The van der Waals surface area contributed by atoms with Gasteiger partial charge in [-0.1, -0.05) is 24.3 Å². The number of nitrogens with two attached hydrogens (primary N) is 1. The predicted molar refractivity (Wildman–Crippen MR) is 73.8 cm³/mol. The summed E-state index contributed by atoms with van der Waals surface area (Å²) in [6, 6.07) is 8.27. The molecule has 0 aliphatic rings. The number of benzene rings is 1. The first kappa shape index (κ1) is 12.3. The molecule has 1 heterocycles. The smallest absolute Gasteiger partial charge is 0.141 e. The summed E-state index contributed by atoms with van der Waals surface area (Å²) in [5.74, 6) is 0.985. The van der Waals surface area contributed by atoms with Gasteiger partial charge < -0.3 is 10.3 Å². The Hall–Kier alpha value is -1.13. The fraction of sp³-hybridized carbons (Fsp3) is 0.308. The lowest BCUT2D eigenvalue weighted by atomic mass is 10.1. The van der Waals surface area contributed by atoms with Gasteiger partial charge in [-0.25, -0.2) is 4.98 Å². The van der Waals surface area contributed by atoms with E-state index in [1.807, 2.05) is 19.2 Å². The van der Waals surface area contributed by atoms with E-state index in [0.717, 1.165) is 22.5 Å². The van der Waals surface area contributed by atoms with Gasteiger partial charge in [0, 0.05) is 19.0 Å². The minimum Gasteiger partial charge on any atom is -0.330 e. The van der Waals surface area contributed by atoms with Crippen LogP contribution < -0.4 is 5.73 Å². The van der Waals surface area contributed by atoms with Gasteiger partial charge in [0.2, 0.25) is 0 Å². The van der Waals surface area contributed by atoms with E-state index in [9.17, 15) is 0 Å². The van der Waals surface area contributed by atoms with Crippen molar-refractivity contribution < 1.29 is 0 Å². The number of aromatic nitrogens is 2. The maximum atomic E-state index is 5.61. The highest BCUT2D eigenvalue weighted by Crippen LogP contribution is 2.27. The lowest BCUT2D eigenvalue weighted by Crippen LogP contribution is -2.07. The van der Waals surface area contributed by atoms with Crippen LogP contribution in [0.3, 0.4) is 0 Å². The Bertz CT molecular complexity index is 531. The fourth-order valence-corrected chi connectivity index (χ4v) is 2.60. The molecule has 4 heteroatoms. The number of halogens is 1. The minimum absolute atomic E-state index is 0.630. The van der Waals surface area contributed by atoms with Crippen LogP contribution in [0.4, 0.5) is 0 Å². The lowest BCUT2D eigenvalue weighted by Gasteiger charge is -2.07. The number of aryl methyl sites for hydroxylation is 1. The zero-order valence-electron chi connectivity index (χ0n) is 10.1. The van der Waals surface area contributed by atoms with Crippen LogP contribution in [0.15, 0.2) is 28.9 Å². The molecule has 90 valence electrons. The third-order valence-corrected chi connectivity index (χ3v) is 3.57. The largest absolute Gasteiger partial charge is 0.330 e. The zero-order valence-corrected chi connectivity index (χ0v) is 11.7. The summed E-state index contributed by atoms with van der Waals surface area (Å²) in [6.07, 6.45) is 0.829. The quantitative estimate of drug-likeness (QED) is 0.945. The molecule has 17 heavy (non-hydrogen) atoms. The fourth-order valence-electron chi connectivity index (χ4n) is 1.97. The van der Waals surface area contributed by atoms with E-state index in [2.05, 4.69) is 44.5 Å². The van der Waals surface area contributed by atoms with Gasteiger partial charge in [-0.3, -0.25) is 0 Å². The van der Waals surface area contributed by atoms with Crippen molar-refractivity contribution in [1.82, 2.24) is 9.55 Å². The second-order valence-electron chi connectivity index (χ2n) is 4.09. The van der Waals surface area contributed by atoms with Crippen LogP contribution in [-0.2, 0) is 13.5 Å². The van der Waals surface area contributed by atoms with E-state index in [4.69, 9.17) is 5.73 Å². The topological polar surface area (TPSA) is 43.8 Å². The molecule has 0 fully saturated rings. The summed E-state index contributed by atoms with van der Waals surface area (Å²) in [7, 11) is 2.03. The van der Waals surface area contributed by atoms with Crippen molar-refractivity contribution in [3.05, 3.63) is 40.1 Å². The average Bonchev–Trinajstić information content (AvgIpc) is 2.58. The molecule has 0 radical (unpaired) electrons. The Morgan fingerprint density at radius 1 is 1.35 bits per heavy atom. The molecule has 0 aliphatic carbocycles. The number of hydrogen-bond acceptors (Lipinski definition) is 2. The third kappa shape index (κ3) is 2.28. The van der Waals surface area contributed by atoms with Gasteiger partial charge >= 0.3 is 0 Å². The van der Waals surface area contributed by atoms with Crippen LogP contribution in [0, 0.1) is 6.92 Å². The Kier molecular flexibility index (Phi) is 3.64. The Morgan fingerprint density at radius 3 is 2.71 bits per heavy atom. The normalized spacial score (nSPS) is 10.8. The van der Waals surface area contributed by atoms with Gasteiger partial charge in [-0.05, 0) is 35.0 Å². The molecule has 2 rings (SSSR count). The second kappa shape index (κ2) is 5.02. The van der Waals surface area contributed by atoms with Crippen molar-refractivity contribution in [2.24, 2.45) is 12.8 Å². The van der Waals surface area contributed by atoms with Crippen LogP contribution in [-0.4, -0.2) is 16.1 Å². The van der Waals surface area contributed by atoms with Crippen molar-refractivity contribution in [3.8, 4) is 11.4 Å². The summed E-state index contributed by atoms with van der Waals surface area (Å²) < 4.78 is 3.00. The summed E-state index contributed by atoms with van der Waals surface area (Å²) in [4.78, 5) is 4.58. The summed E-state index contributed by atoms with van der Waals surface area (Å²) in [5, 5.41) is 0. The van der Waals surface area contributed by atoms with Gasteiger partial charge in [0.05, 0.1) is 5.69 Å².